The minimum absolute atomic E-state index is 0.361. The zero-order valence-corrected chi connectivity index (χ0v) is 8.75. The van der Waals surface area contributed by atoms with Crippen LogP contribution in [0.5, 0.6) is 0 Å². The van der Waals surface area contributed by atoms with Gasteiger partial charge in [-0.2, -0.15) is 0 Å². The Morgan fingerprint density at radius 1 is 1.46 bits per heavy atom. The number of nitrogens with two attached hydrogens (primary N) is 1. The van der Waals surface area contributed by atoms with Gasteiger partial charge in [-0.05, 0) is 30.7 Å². The molecule has 2 atom stereocenters. The molecule has 0 radical (unpaired) electrons. The molecule has 0 aliphatic heterocycles. The van der Waals surface area contributed by atoms with Crippen molar-refractivity contribution in [2.75, 3.05) is 0 Å². The minimum atomic E-state index is -0.686. The lowest BCUT2D eigenvalue weighted by atomic mass is 10.0. The van der Waals surface area contributed by atoms with Crippen LogP contribution in [-0.4, -0.2) is 11.2 Å². The summed E-state index contributed by atoms with van der Waals surface area (Å²) < 4.78 is 13.5. The molecule has 0 spiro atoms. The summed E-state index contributed by atoms with van der Waals surface area (Å²) >= 11 is 3.15. The van der Waals surface area contributed by atoms with Gasteiger partial charge in [0.1, 0.15) is 5.82 Å². The Balaban J connectivity index is 3.01. The first-order chi connectivity index (χ1) is 6.00. The second-order valence-electron chi connectivity index (χ2n) is 2.97. The van der Waals surface area contributed by atoms with Gasteiger partial charge in [-0.25, -0.2) is 4.39 Å². The van der Waals surface area contributed by atoms with Crippen molar-refractivity contribution >= 4 is 15.9 Å². The van der Waals surface area contributed by atoms with E-state index in [4.69, 9.17) is 5.73 Å². The molecule has 0 bridgehead atoms. The van der Waals surface area contributed by atoms with Gasteiger partial charge in [0.05, 0.1) is 12.1 Å². The quantitative estimate of drug-likeness (QED) is 0.840. The van der Waals surface area contributed by atoms with E-state index in [-0.39, 0.29) is 5.82 Å². The average molecular weight is 248 g/mol. The van der Waals surface area contributed by atoms with E-state index in [9.17, 15) is 9.50 Å². The molecule has 4 heteroatoms. The highest BCUT2D eigenvalue weighted by Crippen LogP contribution is 2.20. The Hall–Kier alpha value is -0.450. The van der Waals surface area contributed by atoms with Crippen molar-refractivity contribution in [2.24, 2.45) is 5.73 Å². The number of aliphatic hydroxyl groups excluding tert-OH is 1. The van der Waals surface area contributed by atoms with Gasteiger partial charge in [0, 0.05) is 4.47 Å². The van der Waals surface area contributed by atoms with Crippen molar-refractivity contribution in [3.8, 4) is 0 Å². The van der Waals surface area contributed by atoms with Crippen LogP contribution in [0.1, 0.15) is 18.5 Å². The third kappa shape index (κ3) is 2.76. The van der Waals surface area contributed by atoms with Crippen molar-refractivity contribution in [2.45, 2.75) is 19.1 Å². The first kappa shape index (κ1) is 10.6. The van der Waals surface area contributed by atoms with Gasteiger partial charge in [-0.3, -0.25) is 0 Å². The first-order valence-electron chi connectivity index (χ1n) is 3.90. The highest BCUT2D eigenvalue weighted by Gasteiger charge is 2.13. The van der Waals surface area contributed by atoms with Crippen LogP contribution in [0.3, 0.4) is 0 Å². The third-order valence-corrected chi connectivity index (χ3v) is 2.25. The lowest BCUT2D eigenvalue weighted by Crippen LogP contribution is -2.23. The Morgan fingerprint density at radius 2 is 2.08 bits per heavy atom. The molecule has 3 N–H and O–H groups in total. The van der Waals surface area contributed by atoms with Crippen LogP contribution in [-0.2, 0) is 0 Å². The first-order valence-corrected chi connectivity index (χ1v) is 4.69. The molecule has 0 aliphatic rings. The van der Waals surface area contributed by atoms with Gasteiger partial charge < -0.3 is 10.8 Å². The van der Waals surface area contributed by atoms with E-state index < -0.39 is 12.1 Å². The Kier molecular flexibility index (Phi) is 3.41. The zero-order chi connectivity index (χ0) is 10.0. The fourth-order valence-corrected chi connectivity index (χ4v) is 1.53. The summed E-state index contributed by atoms with van der Waals surface area (Å²) in [6.07, 6.45) is -0.686. The molecule has 0 amide bonds. The summed E-state index contributed by atoms with van der Waals surface area (Å²) in [7, 11) is 0. The van der Waals surface area contributed by atoms with E-state index in [2.05, 4.69) is 15.9 Å². The maximum Gasteiger partial charge on any atom is 0.124 e. The molecule has 1 aromatic rings. The normalized spacial score (nSPS) is 15.5. The van der Waals surface area contributed by atoms with Gasteiger partial charge in [0.25, 0.3) is 0 Å². The van der Waals surface area contributed by atoms with Crippen molar-refractivity contribution in [3.05, 3.63) is 34.1 Å². The minimum Gasteiger partial charge on any atom is -0.391 e. The number of aliphatic hydroxyl groups is 1. The van der Waals surface area contributed by atoms with E-state index in [1.54, 1.807) is 13.0 Å². The third-order valence-electron chi connectivity index (χ3n) is 1.79. The SMILES string of the molecule is C[C@@H](O)[C@@H](N)c1cc(F)cc(Br)c1. The number of halogens is 2. The van der Waals surface area contributed by atoms with E-state index in [1.807, 2.05) is 0 Å². The molecule has 0 fully saturated rings. The largest absolute Gasteiger partial charge is 0.391 e. The lowest BCUT2D eigenvalue weighted by Gasteiger charge is -2.15. The monoisotopic (exact) mass is 247 g/mol. The summed E-state index contributed by atoms with van der Waals surface area (Å²) in [5.74, 6) is -0.361. The van der Waals surface area contributed by atoms with E-state index >= 15 is 0 Å². The Bertz CT molecular complexity index is 283. The molecule has 1 rings (SSSR count). The van der Waals surface area contributed by atoms with Crippen molar-refractivity contribution in [1.82, 2.24) is 0 Å². The van der Waals surface area contributed by atoms with Crippen molar-refractivity contribution in [1.29, 1.82) is 0 Å². The average Bonchev–Trinajstić information content (AvgIpc) is 2.01. The topological polar surface area (TPSA) is 46.2 Å². The number of benzene rings is 1. The molecule has 0 saturated carbocycles. The van der Waals surface area contributed by atoms with Crippen molar-refractivity contribution in [3.63, 3.8) is 0 Å². The van der Waals surface area contributed by atoms with Gasteiger partial charge in [-0.1, -0.05) is 15.9 Å². The molecular formula is C9H11BrFNO. The summed E-state index contributed by atoms with van der Waals surface area (Å²) in [6, 6.07) is 3.81. The van der Waals surface area contributed by atoms with Gasteiger partial charge in [0.15, 0.2) is 0 Å². The summed E-state index contributed by atoms with van der Waals surface area (Å²) in [6.45, 7) is 1.57. The molecule has 0 unspecified atom stereocenters. The molecule has 0 aromatic heterocycles. The fraction of sp³-hybridized carbons (Fsp3) is 0.333. The van der Waals surface area contributed by atoms with E-state index in [0.29, 0.717) is 10.0 Å². The zero-order valence-electron chi connectivity index (χ0n) is 7.17. The maximum absolute atomic E-state index is 12.9. The molecule has 0 saturated heterocycles. The highest BCUT2D eigenvalue weighted by atomic mass is 79.9. The van der Waals surface area contributed by atoms with Crippen LogP contribution in [0, 0.1) is 5.82 Å². The van der Waals surface area contributed by atoms with Gasteiger partial charge in [-0.15, -0.1) is 0 Å². The summed E-state index contributed by atoms with van der Waals surface area (Å²) in [5.41, 5.74) is 6.22. The molecule has 13 heavy (non-hydrogen) atoms. The Morgan fingerprint density at radius 3 is 2.54 bits per heavy atom. The van der Waals surface area contributed by atoms with Gasteiger partial charge >= 0.3 is 0 Å². The fourth-order valence-electron chi connectivity index (χ4n) is 1.05. The predicted octanol–water partition coefficient (Wildman–Crippen LogP) is 1.97. The number of rotatable bonds is 2. The van der Waals surface area contributed by atoms with Crippen LogP contribution in [0.25, 0.3) is 0 Å². The predicted molar refractivity (Wildman–Crippen MR) is 52.7 cm³/mol. The molecule has 2 nitrogen and oxygen atoms in total. The molecule has 1 aromatic carbocycles. The second kappa shape index (κ2) is 4.17. The van der Waals surface area contributed by atoms with E-state index in [1.165, 1.54) is 12.1 Å². The van der Waals surface area contributed by atoms with Crippen LogP contribution >= 0.6 is 15.9 Å². The smallest absolute Gasteiger partial charge is 0.124 e. The van der Waals surface area contributed by atoms with Crippen LogP contribution in [0.2, 0.25) is 0 Å². The standard InChI is InChI=1S/C9H11BrFNO/c1-5(13)9(12)6-2-7(10)4-8(11)3-6/h2-5,9,13H,12H2,1H3/t5-,9-/m1/s1. The molecule has 0 aliphatic carbocycles. The van der Waals surface area contributed by atoms with Gasteiger partial charge in [0.2, 0.25) is 0 Å². The number of hydrogen-bond donors (Lipinski definition) is 2. The molecular weight excluding hydrogens is 237 g/mol. The second-order valence-corrected chi connectivity index (χ2v) is 3.88. The maximum atomic E-state index is 12.9. The molecule has 72 valence electrons. The van der Waals surface area contributed by atoms with E-state index in [0.717, 1.165) is 0 Å². The van der Waals surface area contributed by atoms with Crippen LogP contribution in [0.15, 0.2) is 22.7 Å². The highest BCUT2D eigenvalue weighted by molar-refractivity contribution is 9.10. The van der Waals surface area contributed by atoms with Crippen molar-refractivity contribution < 1.29 is 9.50 Å². The Labute approximate surface area is 84.7 Å². The van der Waals surface area contributed by atoms with Crippen LogP contribution in [0.4, 0.5) is 4.39 Å². The van der Waals surface area contributed by atoms with Crippen LogP contribution < -0.4 is 5.73 Å². The molecule has 0 heterocycles. The summed E-state index contributed by atoms with van der Waals surface area (Å²) in [4.78, 5) is 0. The number of hydrogen-bond acceptors (Lipinski definition) is 2. The summed E-state index contributed by atoms with van der Waals surface area (Å²) in [5, 5.41) is 9.19. The lowest BCUT2D eigenvalue weighted by molar-refractivity contribution is 0.164.